The summed E-state index contributed by atoms with van der Waals surface area (Å²) in [5, 5.41) is 3.54. The van der Waals surface area contributed by atoms with Crippen LogP contribution in [-0.2, 0) is 12.3 Å². The topological polar surface area (TPSA) is 25.2 Å². The number of rotatable bonds is 8. The minimum atomic E-state index is 0.624. The Morgan fingerprint density at radius 1 is 1.31 bits per heavy atom. The van der Waals surface area contributed by atoms with Gasteiger partial charge in [-0.3, -0.25) is 0 Å². The first-order valence-electron chi connectivity index (χ1n) is 6.10. The van der Waals surface area contributed by atoms with Crippen molar-refractivity contribution in [1.29, 1.82) is 0 Å². The number of hydrogen-bond donors (Lipinski definition) is 1. The Hall–Kier alpha value is -0.410. The Kier molecular flexibility index (Phi) is 6.65. The summed E-state index contributed by atoms with van der Waals surface area (Å²) in [6.07, 6.45) is 5.76. The lowest BCUT2D eigenvalue weighted by Crippen LogP contribution is -2.27. The summed E-state index contributed by atoms with van der Waals surface area (Å²) in [7, 11) is 0. The van der Waals surface area contributed by atoms with Crippen LogP contribution in [0.1, 0.15) is 44.6 Å². The maximum absolute atomic E-state index is 5.71. The first-order valence-corrected chi connectivity index (χ1v) is 7.49. The zero-order valence-electron chi connectivity index (χ0n) is 10.6. The van der Waals surface area contributed by atoms with Gasteiger partial charge in [0.25, 0.3) is 0 Å². The molecule has 0 radical (unpaired) electrons. The number of thioether (sulfide) groups is 1. The second-order valence-electron chi connectivity index (χ2n) is 4.08. The van der Waals surface area contributed by atoms with Gasteiger partial charge in [-0.25, -0.2) is 0 Å². The first kappa shape index (κ1) is 13.7. The second-order valence-corrected chi connectivity index (χ2v) is 4.94. The average Bonchev–Trinajstić information content (AvgIpc) is 2.72. The van der Waals surface area contributed by atoms with Crippen molar-refractivity contribution < 1.29 is 4.42 Å². The molecule has 0 aliphatic heterocycles. The summed E-state index contributed by atoms with van der Waals surface area (Å²) in [5.41, 5.74) is 0. The molecule has 0 bridgehead atoms. The lowest BCUT2D eigenvalue weighted by atomic mass is 10.1. The van der Waals surface area contributed by atoms with Crippen molar-refractivity contribution in [2.24, 2.45) is 0 Å². The fourth-order valence-electron chi connectivity index (χ4n) is 1.78. The molecule has 0 saturated carbocycles. The van der Waals surface area contributed by atoms with Gasteiger partial charge in [0.2, 0.25) is 0 Å². The molecule has 1 aromatic heterocycles. The van der Waals surface area contributed by atoms with Gasteiger partial charge >= 0.3 is 0 Å². The Morgan fingerprint density at radius 3 is 2.69 bits per heavy atom. The third kappa shape index (κ3) is 4.62. The minimum absolute atomic E-state index is 0.624. The number of hydrogen-bond acceptors (Lipinski definition) is 3. The average molecular weight is 241 g/mol. The zero-order chi connectivity index (χ0) is 11.8. The molecule has 92 valence electrons. The Balaban J connectivity index is 2.34. The van der Waals surface area contributed by atoms with E-state index in [4.69, 9.17) is 4.42 Å². The van der Waals surface area contributed by atoms with Crippen LogP contribution in [0.15, 0.2) is 16.5 Å². The quantitative estimate of drug-likeness (QED) is 0.749. The van der Waals surface area contributed by atoms with Gasteiger partial charge in [-0.1, -0.05) is 20.3 Å². The molecule has 3 heteroatoms. The molecule has 1 rings (SSSR count). The molecular weight excluding hydrogens is 218 g/mol. The molecule has 1 heterocycles. The van der Waals surface area contributed by atoms with Gasteiger partial charge in [0, 0.05) is 6.04 Å². The summed E-state index contributed by atoms with van der Waals surface area (Å²) in [5.74, 6) is 3.10. The second kappa shape index (κ2) is 7.80. The normalized spacial score (nSPS) is 12.9. The van der Waals surface area contributed by atoms with Crippen LogP contribution in [0.4, 0.5) is 0 Å². The molecule has 0 spiro atoms. The van der Waals surface area contributed by atoms with Crippen LogP contribution < -0.4 is 5.32 Å². The summed E-state index contributed by atoms with van der Waals surface area (Å²) in [6.45, 7) is 5.31. The third-order valence-corrected chi connectivity index (χ3v) is 3.27. The van der Waals surface area contributed by atoms with Crippen LogP contribution in [0.3, 0.4) is 0 Å². The van der Waals surface area contributed by atoms with Gasteiger partial charge in [0.15, 0.2) is 0 Å². The molecule has 0 aromatic carbocycles. The fourth-order valence-corrected chi connectivity index (χ4v) is 2.22. The molecule has 0 saturated heterocycles. The smallest absolute Gasteiger partial charge is 0.118 e. The van der Waals surface area contributed by atoms with Crippen LogP contribution in [0.5, 0.6) is 0 Å². The largest absolute Gasteiger partial charge is 0.464 e. The van der Waals surface area contributed by atoms with E-state index in [-0.39, 0.29) is 0 Å². The predicted molar refractivity (Wildman–Crippen MR) is 71.8 cm³/mol. The Bertz CT molecular complexity index is 285. The Labute approximate surface area is 103 Å². The van der Waals surface area contributed by atoms with Gasteiger partial charge in [-0.15, -0.1) is 0 Å². The van der Waals surface area contributed by atoms with Crippen LogP contribution >= 0.6 is 11.8 Å². The molecule has 0 aliphatic rings. The number of furan rings is 1. The van der Waals surface area contributed by atoms with Gasteiger partial charge in [-0.05, 0) is 31.2 Å². The third-order valence-electron chi connectivity index (χ3n) is 2.70. The van der Waals surface area contributed by atoms with E-state index in [1.807, 2.05) is 0 Å². The van der Waals surface area contributed by atoms with E-state index in [0.717, 1.165) is 23.8 Å². The van der Waals surface area contributed by atoms with Crippen LogP contribution in [0.2, 0.25) is 0 Å². The Morgan fingerprint density at radius 2 is 2.06 bits per heavy atom. The van der Waals surface area contributed by atoms with Crippen LogP contribution in [0.25, 0.3) is 0 Å². The summed E-state index contributed by atoms with van der Waals surface area (Å²) in [6, 6.07) is 4.78. The van der Waals surface area contributed by atoms with E-state index >= 15 is 0 Å². The van der Waals surface area contributed by atoms with Crippen molar-refractivity contribution in [3.05, 3.63) is 23.7 Å². The molecule has 1 atom stereocenters. The van der Waals surface area contributed by atoms with E-state index in [1.165, 1.54) is 19.3 Å². The zero-order valence-corrected chi connectivity index (χ0v) is 11.4. The molecule has 1 N–H and O–H groups in total. The van der Waals surface area contributed by atoms with Crippen molar-refractivity contribution in [2.75, 3.05) is 6.26 Å². The van der Waals surface area contributed by atoms with Gasteiger partial charge in [0.1, 0.15) is 11.5 Å². The van der Waals surface area contributed by atoms with Crippen molar-refractivity contribution in [3.8, 4) is 0 Å². The molecule has 2 nitrogen and oxygen atoms in total. The van der Waals surface area contributed by atoms with Gasteiger partial charge in [0.05, 0.1) is 12.3 Å². The molecule has 1 unspecified atom stereocenters. The van der Waals surface area contributed by atoms with E-state index < -0.39 is 0 Å². The highest BCUT2D eigenvalue weighted by molar-refractivity contribution is 7.97. The van der Waals surface area contributed by atoms with Crippen LogP contribution in [-0.4, -0.2) is 12.3 Å². The lowest BCUT2D eigenvalue weighted by Gasteiger charge is -2.14. The summed E-state index contributed by atoms with van der Waals surface area (Å²) < 4.78 is 5.71. The van der Waals surface area contributed by atoms with E-state index in [1.54, 1.807) is 11.8 Å². The molecule has 0 aliphatic carbocycles. The molecular formula is C13H23NOS. The monoisotopic (exact) mass is 241 g/mol. The van der Waals surface area contributed by atoms with E-state index in [2.05, 4.69) is 37.6 Å². The molecule has 1 aromatic rings. The van der Waals surface area contributed by atoms with Crippen molar-refractivity contribution in [2.45, 2.75) is 51.4 Å². The molecule has 0 fully saturated rings. The highest BCUT2D eigenvalue weighted by Crippen LogP contribution is 2.13. The maximum Gasteiger partial charge on any atom is 0.118 e. The summed E-state index contributed by atoms with van der Waals surface area (Å²) >= 11 is 1.79. The summed E-state index contributed by atoms with van der Waals surface area (Å²) in [4.78, 5) is 0. The maximum atomic E-state index is 5.71. The first-order chi connectivity index (χ1) is 7.80. The highest BCUT2D eigenvalue weighted by atomic mass is 32.2. The molecule has 0 amide bonds. The minimum Gasteiger partial charge on any atom is -0.464 e. The lowest BCUT2D eigenvalue weighted by molar-refractivity contribution is 0.409. The van der Waals surface area contributed by atoms with Crippen LogP contribution in [0, 0.1) is 0 Å². The SMILES string of the molecule is CCCC(CC)NCc1ccc(CSC)o1. The predicted octanol–water partition coefficient (Wildman–Crippen LogP) is 3.81. The van der Waals surface area contributed by atoms with Crippen molar-refractivity contribution in [3.63, 3.8) is 0 Å². The van der Waals surface area contributed by atoms with Crippen molar-refractivity contribution in [1.82, 2.24) is 5.32 Å². The fraction of sp³-hybridized carbons (Fsp3) is 0.692. The van der Waals surface area contributed by atoms with E-state index in [9.17, 15) is 0 Å². The standard InChI is InChI=1S/C13H23NOS/c1-4-6-11(5-2)14-9-12-7-8-13(15-12)10-16-3/h7-8,11,14H,4-6,9-10H2,1-3H3. The van der Waals surface area contributed by atoms with E-state index in [0.29, 0.717) is 6.04 Å². The molecule has 16 heavy (non-hydrogen) atoms. The van der Waals surface area contributed by atoms with Crippen molar-refractivity contribution >= 4 is 11.8 Å². The highest BCUT2D eigenvalue weighted by Gasteiger charge is 2.06. The van der Waals surface area contributed by atoms with Gasteiger partial charge < -0.3 is 9.73 Å². The van der Waals surface area contributed by atoms with Gasteiger partial charge in [-0.2, -0.15) is 11.8 Å². The number of nitrogens with one attached hydrogen (secondary N) is 1.